The van der Waals surface area contributed by atoms with Gasteiger partial charge >= 0.3 is 0 Å². The summed E-state index contributed by atoms with van der Waals surface area (Å²) in [5.41, 5.74) is 4.75. The zero-order valence-electron chi connectivity index (χ0n) is 10.2. The van der Waals surface area contributed by atoms with Crippen LogP contribution in [0.25, 0.3) is 10.9 Å². The van der Waals surface area contributed by atoms with Gasteiger partial charge in [-0.25, -0.2) is 15.4 Å². The van der Waals surface area contributed by atoms with Crippen LogP contribution in [0.2, 0.25) is 0 Å². The zero-order chi connectivity index (χ0) is 12.9. The van der Waals surface area contributed by atoms with Gasteiger partial charge in [-0.3, -0.25) is 0 Å². The van der Waals surface area contributed by atoms with E-state index in [0.29, 0.717) is 5.95 Å². The maximum absolute atomic E-state index is 4.37. The molecular formula is C15H12N4. The van der Waals surface area contributed by atoms with Gasteiger partial charge in [0.25, 0.3) is 0 Å². The molecule has 4 nitrogen and oxygen atoms in total. The van der Waals surface area contributed by atoms with Crippen LogP contribution in [0.5, 0.6) is 0 Å². The molecule has 0 radical (unpaired) electrons. The van der Waals surface area contributed by atoms with Crippen LogP contribution in [0, 0.1) is 0 Å². The van der Waals surface area contributed by atoms with Crippen molar-refractivity contribution in [1.82, 2.24) is 9.97 Å². The number of anilines is 1. The van der Waals surface area contributed by atoms with Crippen LogP contribution < -0.4 is 5.43 Å². The Morgan fingerprint density at radius 3 is 2.63 bits per heavy atom. The van der Waals surface area contributed by atoms with E-state index in [1.807, 2.05) is 54.6 Å². The van der Waals surface area contributed by atoms with E-state index in [4.69, 9.17) is 0 Å². The summed E-state index contributed by atoms with van der Waals surface area (Å²) in [7, 11) is 0. The van der Waals surface area contributed by atoms with Crippen molar-refractivity contribution in [2.45, 2.75) is 0 Å². The van der Waals surface area contributed by atoms with Crippen LogP contribution in [0.15, 0.2) is 65.9 Å². The second kappa shape index (κ2) is 5.27. The van der Waals surface area contributed by atoms with Crippen molar-refractivity contribution >= 4 is 23.1 Å². The third-order valence-corrected chi connectivity index (χ3v) is 2.67. The van der Waals surface area contributed by atoms with Gasteiger partial charge in [0.1, 0.15) is 0 Å². The minimum atomic E-state index is 0.492. The van der Waals surface area contributed by atoms with Crippen LogP contribution >= 0.6 is 0 Å². The van der Waals surface area contributed by atoms with Gasteiger partial charge in [-0.1, -0.05) is 48.5 Å². The minimum absolute atomic E-state index is 0.492. The van der Waals surface area contributed by atoms with Crippen molar-refractivity contribution in [3.05, 3.63) is 66.4 Å². The number of nitrogens with one attached hydrogen (secondary N) is 1. The van der Waals surface area contributed by atoms with Gasteiger partial charge in [-0.15, -0.1) is 0 Å². The highest BCUT2D eigenvalue weighted by atomic mass is 15.3. The fraction of sp³-hybridized carbons (Fsp3) is 0. The topological polar surface area (TPSA) is 50.2 Å². The predicted octanol–water partition coefficient (Wildman–Crippen LogP) is 3.08. The normalized spacial score (nSPS) is 10.9. The summed E-state index contributed by atoms with van der Waals surface area (Å²) < 4.78 is 0. The van der Waals surface area contributed by atoms with Crippen molar-refractivity contribution in [2.24, 2.45) is 5.10 Å². The lowest BCUT2D eigenvalue weighted by atomic mass is 10.2. The fourth-order valence-electron chi connectivity index (χ4n) is 1.73. The molecule has 0 aliphatic rings. The predicted molar refractivity (Wildman–Crippen MR) is 77.2 cm³/mol. The smallest absolute Gasteiger partial charge is 0.244 e. The third-order valence-electron chi connectivity index (χ3n) is 2.67. The summed E-state index contributed by atoms with van der Waals surface area (Å²) >= 11 is 0. The molecule has 0 unspecified atom stereocenters. The largest absolute Gasteiger partial charge is 0.245 e. The number of hydrazone groups is 1. The fourth-order valence-corrected chi connectivity index (χ4v) is 1.73. The molecule has 0 bridgehead atoms. The Labute approximate surface area is 110 Å². The minimum Gasteiger partial charge on any atom is -0.245 e. The summed E-state index contributed by atoms with van der Waals surface area (Å²) in [5.74, 6) is 0.492. The highest BCUT2D eigenvalue weighted by Gasteiger charge is 1.96. The Morgan fingerprint density at radius 2 is 1.74 bits per heavy atom. The molecule has 3 rings (SSSR count). The first kappa shape index (κ1) is 11.3. The number of rotatable bonds is 3. The molecule has 0 amide bonds. The van der Waals surface area contributed by atoms with Crippen molar-refractivity contribution in [2.75, 3.05) is 5.43 Å². The van der Waals surface area contributed by atoms with Crippen molar-refractivity contribution in [3.63, 3.8) is 0 Å². The Balaban J connectivity index is 1.77. The summed E-state index contributed by atoms with van der Waals surface area (Å²) in [5, 5.41) is 5.13. The number of fused-ring (bicyclic) bond motifs is 1. The van der Waals surface area contributed by atoms with E-state index in [9.17, 15) is 0 Å². The molecule has 0 fully saturated rings. The molecule has 19 heavy (non-hydrogen) atoms. The molecule has 1 N–H and O–H groups in total. The molecular weight excluding hydrogens is 236 g/mol. The lowest BCUT2D eigenvalue weighted by Crippen LogP contribution is -1.96. The molecule has 92 valence electrons. The van der Waals surface area contributed by atoms with E-state index in [1.165, 1.54) is 0 Å². The van der Waals surface area contributed by atoms with E-state index in [2.05, 4.69) is 20.5 Å². The number of hydrogen-bond acceptors (Lipinski definition) is 4. The second-order valence-electron chi connectivity index (χ2n) is 4.03. The van der Waals surface area contributed by atoms with E-state index < -0.39 is 0 Å². The van der Waals surface area contributed by atoms with Gasteiger partial charge in [0.2, 0.25) is 5.95 Å². The first-order chi connectivity index (χ1) is 9.42. The number of benzene rings is 2. The Morgan fingerprint density at radius 1 is 0.947 bits per heavy atom. The Bertz CT molecular complexity index is 707. The Hall–Kier alpha value is -2.75. The van der Waals surface area contributed by atoms with E-state index in [1.54, 1.807) is 12.4 Å². The standard InChI is InChI=1S/C15H12N4/c1-2-6-12(7-3-1)10-17-19-15-16-11-13-8-4-5-9-14(13)18-15/h1-11H,(H,16,18,19). The summed E-state index contributed by atoms with van der Waals surface area (Å²) in [6.45, 7) is 0. The molecule has 1 heterocycles. The Kier molecular flexibility index (Phi) is 3.14. The number of hydrogen-bond donors (Lipinski definition) is 1. The van der Waals surface area contributed by atoms with Crippen LogP contribution in [0.4, 0.5) is 5.95 Å². The van der Waals surface area contributed by atoms with Crippen LogP contribution in [-0.4, -0.2) is 16.2 Å². The quantitative estimate of drug-likeness (QED) is 0.572. The van der Waals surface area contributed by atoms with E-state index >= 15 is 0 Å². The average molecular weight is 248 g/mol. The highest BCUT2D eigenvalue weighted by molar-refractivity contribution is 5.80. The monoisotopic (exact) mass is 248 g/mol. The first-order valence-corrected chi connectivity index (χ1v) is 5.98. The van der Waals surface area contributed by atoms with Gasteiger partial charge in [-0.2, -0.15) is 5.10 Å². The molecule has 2 aromatic carbocycles. The van der Waals surface area contributed by atoms with Gasteiger partial charge in [0, 0.05) is 11.6 Å². The van der Waals surface area contributed by atoms with E-state index in [-0.39, 0.29) is 0 Å². The molecule has 0 aliphatic carbocycles. The molecule has 4 heteroatoms. The molecule has 3 aromatic rings. The highest BCUT2D eigenvalue weighted by Crippen LogP contribution is 2.11. The van der Waals surface area contributed by atoms with Gasteiger partial charge in [0.15, 0.2) is 0 Å². The SMILES string of the molecule is C(=NNc1ncc2ccccc2n1)c1ccccc1. The van der Waals surface area contributed by atoms with Crippen LogP contribution in [0.1, 0.15) is 5.56 Å². The second-order valence-corrected chi connectivity index (χ2v) is 4.03. The summed E-state index contributed by atoms with van der Waals surface area (Å²) in [6.07, 6.45) is 3.52. The zero-order valence-corrected chi connectivity index (χ0v) is 10.2. The maximum atomic E-state index is 4.37. The molecule has 1 aromatic heterocycles. The lowest BCUT2D eigenvalue weighted by molar-refractivity contribution is 1.15. The van der Waals surface area contributed by atoms with Crippen LogP contribution in [-0.2, 0) is 0 Å². The van der Waals surface area contributed by atoms with Gasteiger partial charge in [0.05, 0.1) is 11.7 Å². The number of aromatic nitrogens is 2. The van der Waals surface area contributed by atoms with Crippen molar-refractivity contribution < 1.29 is 0 Å². The van der Waals surface area contributed by atoms with Gasteiger partial charge in [-0.05, 0) is 11.6 Å². The molecule has 0 spiro atoms. The molecule has 0 saturated carbocycles. The molecule has 0 aliphatic heterocycles. The van der Waals surface area contributed by atoms with Gasteiger partial charge < -0.3 is 0 Å². The summed E-state index contributed by atoms with van der Waals surface area (Å²) in [6, 6.07) is 17.7. The molecule has 0 atom stereocenters. The van der Waals surface area contributed by atoms with E-state index in [0.717, 1.165) is 16.5 Å². The number of nitrogens with zero attached hydrogens (tertiary/aromatic N) is 3. The third kappa shape index (κ3) is 2.74. The molecule has 0 saturated heterocycles. The summed E-state index contributed by atoms with van der Waals surface area (Å²) in [4.78, 5) is 8.57. The van der Waals surface area contributed by atoms with Crippen molar-refractivity contribution in [1.29, 1.82) is 0 Å². The maximum Gasteiger partial charge on any atom is 0.244 e. The first-order valence-electron chi connectivity index (χ1n) is 5.98. The van der Waals surface area contributed by atoms with Crippen molar-refractivity contribution in [3.8, 4) is 0 Å². The average Bonchev–Trinajstić information content (AvgIpc) is 2.48. The number of para-hydroxylation sites is 1. The van der Waals surface area contributed by atoms with Crippen LogP contribution in [0.3, 0.4) is 0 Å². The lowest BCUT2D eigenvalue weighted by Gasteiger charge is -2.00.